The van der Waals surface area contributed by atoms with E-state index < -0.39 is 47.8 Å². The lowest BCUT2D eigenvalue weighted by Gasteiger charge is -2.32. The number of amides is 1. The molecule has 1 aromatic rings. The van der Waals surface area contributed by atoms with E-state index in [1.807, 2.05) is 0 Å². The molecule has 11 heteroatoms. The molecule has 1 atom stereocenters. The van der Waals surface area contributed by atoms with Crippen molar-refractivity contribution in [1.29, 1.82) is 0 Å². The van der Waals surface area contributed by atoms with E-state index in [4.69, 9.17) is 5.14 Å². The average Bonchev–Trinajstić information content (AvgIpc) is 2.53. The van der Waals surface area contributed by atoms with E-state index in [0.29, 0.717) is 11.6 Å². The highest BCUT2D eigenvalue weighted by atomic mass is 32.3. The zero-order valence-electron chi connectivity index (χ0n) is 13.5. The molecule has 4 N–H and O–H groups in total. The van der Waals surface area contributed by atoms with E-state index in [2.05, 4.69) is 0 Å². The molecule has 26 heavy (non-hydrogen) atoms. The molecule has 0 saturated carbocycles. The number of primary sulfonamides is 1. The summed E-state index contributed by atoms with van der Waals surface area (Å²) in [6, 6.07) is 7.81. The van der Waals surface area contributed by atoms with Crippen LogP contribution in [0, 0.1) is 0 Å². The van der Waals surface area contributed by atoms with Crippen molar-refractivity contribution < 1.29 is 31.5 Å². The Hall–Kier alpha value is -2.50. The number of sulfonamides is 2. The van der Waals surface area contributed by atoms with Crippen molar-refractivity contribution in [2.75, 3.05) is 0 Å². The van der Waals surface area contributed by atoms with Crippen molar-refractivity contribution in [2.45, 2.75) is 17.4 Å². The molecule has 0 aromatic heterocycles. The summed E-state index contributed by atoms with van der Waals surface area (Å²) in [6.45, 7) is 0.882. The number of hydrogen-bond acceptors (Lipinski definition) is 7. The van der Waals surface area contributed by atoms with Crippen molar-refractivity contribution in [3.05, 3.63) is 53.3 Å². The van der Waals surface area contributed by atoms with Gasteiger partial charge in [0.2, 0.25) is 20.0 Å². The Morgan fingerprint density at radius 2 is 1.81 bits per heavy atom. The van der Waals surface area contributed by atoms with Crippen molar-refractivity contribution in [2.24, 2.45) is 5.14 Å². The van der Waals surface area contributed by atoms with E-state index >= 15 is 0 Å². The first kappa shape index (κ1) is 19.8. The minimum atomic E-state index is -4.90. The number of allylic oxidation sites excluding steroid dienone is 2. The molecule has 1 aliphatic rings. The van der Waals surface area contributed by atoms with Gasteiger partial charge in [0, 0.05) is 18.9 Å². The van der Waals surface area contributed by atoms with Crippen molar-refractivity contribution in [3.8, 4) is 0 Å². The number of aliphatic hydroxyl groups excluding tert-OH is 1. The summed E-state index contributed by atoms with van der Waals surface area (Å²) >= 11 is 0. The number of nitrogens with one attached hydrogen (secondary N) is 1. The summed E-state index contributed by atoms with van der Waals surface area (Å²) in [5.41, 5.74) is -0.389. The highest BCUT2D eigenvalue weighted by Crippen LogP contribution is 2.42. The topological polar surface area (TPSA) is 161 Å². The lowest BCUT2D eigenvalue weighted by Crippen LogP contribution is -2.55. The second-order valence-electron chi connectivity index (χ2n) is 5.61. The molecule has 0 spiro atoms. The smallest absolute Gasteiger partial charge is 0.260 e. The van der Waals surface area contributed by atoms with Crippen LogP contribution in [0.1, 0.15) is 18.9 Å². The summed E-state index contributed by atoms with van der Waals surface area (Å²) in [7, 11) is -9.78. The van der Waals surface area contributed by atoms with Gasteiger partial charge in [0.05, 0.1) is 5.57 Å². The van der Waals surface area contributed by atoms with Crippen LogP contribution in [0.5, 0.6) is 0 Å². The van der Waals surface area contributed by atoms with E-state index in [-0.39, 0.29) is 11.9 Å². The molecule has 1 unspecified atom stereocenters. The van der Waals surface area contributed by atoms with Gasteiger partial charge in [-0.2, -0.15) is 0 Å². The quantitative estimate of drug-likeness (QED) is 0.583. The zero-order valence-corrected chi connectivity index (χ0v) is 15.2. The van der Waals surface area contributed by atoms with Crippen LogP contribution in [-0.4, -0.2) is 38.2 Å². The van der Waals surface area contributed by atoms with Gasteiger partial charge in [-0.3, -0.25) is 14.3 Å². The van der Waals surface area contributed by atoms with Gasteiger partial charge in [0.15, 0.2) is 6.29 Å². The lowest BCUT2D eigenvalue weighted by molar-refractivity contribution is -0.117. The first-order chi connectivity index (χ1) is 11.9. The van der Waals surface area contributed by atoms with E-state index in [1.165, 1.54) is 12.1 Å². The fraction of sp³-hybridized carbons (Fsp3) is 0.200. The highest BCUT2D eigenvalue weighted by Gasteiger charge is 2.55. The second kappa shape index (κ2) is 6.67. The third-order valence-corrected chi connectivity index (χ3v) is 8.13. The molecule has 9 nitrogen and oxygen atoms in total. The van der Waals surface area contributed by atoms with Crippen LogP contribution >= 0.6 is 0 Å². The summed E-state index contributed by atoms with van der Waals surface area (Å²) in [5.74, 6) is -1.60. The van der Waals surface area contributed by atoms with Crippen molar-refractivity contribution >= 4 is 37.8 Å². The highest BCUT2D eigenvalue weighted by molar-refractivity contribution is 8.09. The van der Waals surface area contributed by atoms with Crippen molar-refractivity contribution in [1.82, 2.24) is 4.72 Å². The molecular formula is C15H16N2O7S2. The predicted molar refractivity (Wildman–Crippen MR) is 93.3 cm³/mol. The minimum absolute atomic E-state index is 0.112. The number of rotatable bonds is 5. The Morgan fingerprint density at radius 3 is 2.27 bits per heavy atom. The standard InChI is InChI=1S/C15H16N2O7S2/c1-10(19)17-26(23,24)15(25(16,21)22)7-12(9-18)14(20)13(8-15)11-5-3-2-4-6-11/h2-7,9,20H,8H2,1H3,(H,17,19)(H2,16,21,22). The molecular weight excluding hydrogens is 384 g/mol. The maximum Gasteiger partial charge on any atom is 0.260 e. The summed E-state index contributed by atoms with van der Waals surface area (Å²) in [6.07, 6.45) is -0.134. The van der Waals surface area contributed by atoms with Crippen LogP contribution in [0.2, 0.25) is 0 Å². The molecule has 1 aliphatic carbocycles. The van der Waals surface area contributed by atoms with Gasteiger partial charge in [-0.25, -0.2) is 22.0 Å². The molecule has 0 heterocycles. The summed E-state index contributed by atoms with van der Waals surface area (Å²) in [4.78, 5) is 22.6. The van der Waals surface area contributed by atoms with Crippen LogP contribution in [0.15, 0.2) is 47.7 Å². The van der Waals surface area contributed by atoms with Gasteiger partial charge < -0.3 is 5.11 Å². The fourth-order valence-corrected chi connectivity index (χ4v) is 5.77. The first-order valence-electron chi connectivity index (χ1n) is 7.16. The van der Waals surface area contributed by atoms with Gasteiger partial charge in [-0.15, -0.1) is 0 Å². The number of carbonyl (C=O) groups excluding carboxylic acids is 2. The zero-order chi connectivity index (χ0) is 19.8. The second-order valence-corrected chi connectivity index (χ2v) is 9.62. The number of hydrogen-bond donors (Lipinski definition) is 3. The molecule has 0 fully saturated rings. The van der Waals surface area contributed by atoms with Crippen LogP contribution in [-0.2, 0) is 29.6 Å². The summed E-state index contributed by atoms with van der Waals surface area (Å²) < 4.78 is 48.6. The van der Waals surface area contributed by atoms with Gasteiger partial charge in [0.1, 0.15) is 5.76 Å². The third-order valence-electron chi connectivity index (χ3n) is 3.82. The van der Waals surface area contributed by atoms with Gasteiger partial charge in [-0.1, -0.05) is 30.3 Å². The number of nitrogens with two attached hydrogens (primary N) is 1. The molecule has 0 saturated heterocycles. The molecule has 1 aromatic carbocycles. The Bertz CT molecular complexity index is 1030. The van der Waals surface area contributed by atoms with Crippen LogP contribution in [0.4, 0.5) is 0 Å². The molecule has 1 amide bonds. The predicted octanol–water partition coefficient (Wildman–Crippen LogP) is -0.0646. The molecule has 0 bridgehead atoms. The normalized spacial score (nSPS) is 21.1. The molecule has 0 aliphatic heterocycles. The first-order valence-corrected chi connectivity index (χ1v) is 10.2. The number of benzene rings is 1. The van der Waals surface area contributed by atoms with Crippen LogP contribution in [0.25, 0.3) is 5.57 Å². The molecule has 2 rings (SSSR count). The minimum Gasteiger partial charge on any atom is -0.507 e. The van der Waals surface area contributed by atoms with Gasteiger partial charge >= 0.3 is 0 Å². The lowest BCUT2D eigenvalue weighted by atomic mass is 9.92. The van der Waals surface area contributed by atoms with Crippen LogP contribution in [0.3, 0.4) is 0 Å². The monoisotopic (exact) mass is 400 g/mol. The third kappa shape index (κ3) is 3.28. The Labute approximate surface area is 150 Å². The van der Waals surface area contributed by atoms with E-state index in [0.717, 1.165) is 6.92 Å². The maximum absolute atomic E-state index is 12.7. The number of carbonyl (C=O) groups is 2. The SMILES string of the molecule is CC(=O)NS(=O)(=O)C1(S(N)(=O)=O)C=C(C=O)C(O)=C(c2ccccc2)C1. The Balaban J connectivity index is 2.83. The van der Waals surface area contributed by atoms with E-state index in [9.17, 15) is 31.5 Å². The maximum atomic E-state index is 12.7. The van der Waals surface area contributed by atoms with E-state index in [1.54, 1.807) is 22.9 Å². The number of aliphatic hydroxyl groups is 1. The van der Waals surface area contributed by atoms with Gasteiger partial charge in [-0.05, 0) is 11.6 Å². The molecule has 0 radical (unpaired) electrons. The average molecular weight is 400 g/mol. The Morgan fingerprint density at radius 1 is 1.23 bits per heavy atom. The Kier molecular flexibility index (Phi) is 5.08. The largest absolute Gasteiger partial charge is 0.507 e. The van der Waals surface area contributed by atoms with Crippen LogP contribution < -0.4 is 9.86 Å². The summed E-state index contributed by atoms with van der Waals surface area (Å²) in [5, 5.41) is 15.5. The van der Waals surface area contributed by atoms with Gasteiger partial charge in [0.25, 0.3) is 10.0 Å². The van der Waals surface area contributed by atoms with Crippen molar-refractivity contribution in [3.63, 3.8) is 0 Å². The number of aldehydes is 1. The fourth-order valence-electron chi connectivity index (χ4n) is 2.61. The molecule has 140 valence electrons.